The van der Waals surface area contributed by atoms with Gasteiger partial charge in [-0.25, -0.2) is 4.39 Å². The van der Waals surface area contributed by atoms with E-state index >= 15 is 0 Å². The van der Waals surface area contributed by atoms with Crippen molar-refractivity contribution >= 4 is 16.8 Å². The van der Waals surface area contributed by atoms with Gasteiger partial charge in [0.2, 0.25) is 5.78 Å². The minimum atomic E-state index is -0.514. The molecule has 0 N–H and O–H groups in total. The van der Waals surface area contributed by atoms with Crippen LogP contribution in [0.3, 0.4) is 0 Å². The van der Waals surface area contributed by atoms with E-state index in [1.807, 2.05) is 6.92 Å². The Balaban J connectivity index is 2.39. The zero-order valence-corrected chi connectivity index (χ0v) is 9.70. The fourth-order valence-corrected chi connectivity index (χ4v) is 1.75. The van der Waals surface area contributed by atoms with E-state index in [0.29, 0.717) is 17.4 Å². The SMILES string of the molecule is CCC(OC)C(=O)c1cc2cc(F)ccc2o1. The molecule has 0 fully saturated rings. The zero-order chi connectivity index (χ0) is 12.4. The number of Topliss-reactive ketones (excluding diaryl/α,β-unsaturated/α-hetero) is 1. The standard InChI is InChI=1S/C13H13FO3/c1-3-10(16-2)13(15)12-7-8-6-9(14)4-5-11(8)17-12/h4-7,10H,3H2,1-2H3. The van der Waals surface area contributed by atoms with E-state index in [0.717, 1.165) is 0 Å². The van der Waals surface area contributed by atoms with Gasteiger partial charge in [-0.05, 0) is 30.7 Å². The molecule has 3 nitrogen and oxygen atoms in total. The number of carbonyl (C=O) groups excluding carboxylic acids is 1. The van der Waals surface area contributed by atoms with Crippen LogP contribution in [0.4, 0.5) is 4.39 Å². The predicted molar refractivity (Wildman–Crippen MR) is 61.6 cm³/mol. The lowest BCUT2D eigenvalue weighted by Gasteiger charge is -2.08. The lowest BCUT2D eigenvalue weighted by atomic mass is 10.1. The normalized spacial score (nSPS) is 12.9. The molecule has 0 radical (unpaired) electrons. The van der Waals surface area contributed by atoms with Crippen LogP contribution in [-0.2, 0) is 4.74 Å². The second-order valence-corrected chi connectivity index (χ2v) is 3.79. The summed E-state index contributed by atoms with van der Waals surface area (Å²) in [6, 6.07) is 5.69. The van der Waals surface area contributed by atoms with E-state index < -0.39 is 6.10 Å². The van der Waals surface area contributed by atoms with Crippen molar-refractivity contribution in [3.63, 3.8) is 0 Å². The van der Waals surface area contributed by atoms with Gasteiger partial charge in [0, 0.05) is 12.5 Å². The van der Waals surface area contributed by atoms with Gasteiger partial charge in [0.25, 0.3) is 0 Å². The molecule has 0 bridgehead atoms. The van der Waals surface area contributed by atoms with Crippen LogP contribution in [0.2, 0.25) is 0 Å². The number of methoxy groups -OCH3 is 1. The van der Waals surface area contributed by atoms with Crippen LogP contribution >= 0.6 is 0 Å². The minimum absolute atomic E-state index is 0.208. The predicted octanol–water partition coefficient (Wildman–Crippen LogP) is 3.18. The first-order valence-electron chi connectivity index (χ1n) is 5.41. The average Bonchev–Trinajstić information content (AvgIpc) is 2.73. The highest BCUT2D eigenvalue weighted by Gasteiger charge is 2.21. The average molecular weight is 236 g/mol. The molecule has 0 saturated carbocycles. The number of hydrogen-bond acceptors (Lipinski definition) is 3. The smallest absolute Gasteiger partial charge is 0.226 e. The van der Waals surface area contributed by atoms with Crippen molar-refractivity contribution in [2.75, 3.05) is 7.11 Å². The number of fused-ring (bicyclic) bond motifs is 1. The molecule has 2 rings (SSSR count). The molecule has 1 heterocycles. The number of furan rings is 1. The van der Waals surface area contributed by atoms with Gasteiger partial charge in [-0.3, -0.25) is 4.79 Å². The summed E-state index contributed by atoms with van der Waals surface area (Å²) in [6.45, 7) is 1.86. The molecule has 1 atom stereocenters. The highest BCUT2D eigenvalue weighted by Crippen LogP contribution is 2.22. The van der Waals surface area contributed by atoms with Gasteiger partial charge >= 0.3 is 0 Å². The Morgan fingerprint density at radius 2 is 2.24 bits per heavy atom. The Morgan fingerprint density at radius 3 is 2.88 bits per heavy atom. The third-order valence-electron chi connectivity index (χ3n) is 2.67. The molecule has 90 valence electrons. The van der Waals surface area contributed by atoms with Crippen LogP contribution in [0.15, 0.2) is 28.7 Å². The van der Waals surface area contributed by atoms with Crippen molar-refractivity contribution in [2.45, 2.75) is 19.4 Å². The number of halogens is 1. The van der Waals surface area contributed by atoms with E-state index in [2.05, 4.69) is 0 Å². The van der Waals surface area contributed by atoms with Crippen LogP contribution < -0.4 is 0 Å². The second kappa shape index (κ2) is 4.67. The summed E-state index contributed by atoms with van der Waals surface area (Å²) in [5.41, 5.74) is 0.501. The third-order valence-corrected chi connectivity index (χ3v) is 2.67. The van der Waals surface area contributed by atoms with Gasteiger partial charge in [-0.15, -0.1) is 0 Å². The fraction of sp³-hybridized carbons (Fsp3) is 0.308. The maximum Gasteiger partial charge on any atom is 0.226 e. The van der Waals surface area contributed by atoms with Crippen LogP contribution in [0.1, 0.15) is 23.9 Å². The van der Waals surface area contributed by atoms with Gasteiger partial charge < -0.3 is 9.15 Å². The van der Waals surface area contributed by atoms with Crippen molar-refractivity contribution in [3.05, 3.63) is 35.8 Å². The van der Waals surface area contributed by atoms with Gasteiger partial charge in [-0.2, -0.15) is 0 Å². The van der Waals surface area contributed by atoms with E-state index in [-0.39, 0.29) is 17.4 Å². The lowest BCUT2D eigenvalue weighted by molar-refractivity contribution is 0.0570. The molecule has 2 aromatic rings. The van der Waals surface area contributed by atoms with E-state index in [1.165, 1.54) is 25.3 Å². The Hall–Kier alpha value is -1.68. The molecule has 1 aromatic heterocycles. The minimum Gasteiger partial charge on any atom is -0.453 e. The van der Waals surface area contributed by atoms with Crippen LogP contribution in [0.25, 0.3) is 11.0 Å². The molecule has 4 heteroatoms. The summed E-state index contributed by atoms with van der Waals surface area (Å²) >= 11 is 0. The maximum absolute atomic E-state index is 13.0. The highest BCUT2D eigenvalue weighted by atomic mass is 19.1. The van der Waals surface area contributed by atoms with Crippen molar-refractivity contribution < 1.29 is 18.3 Å². The first kappa shape index (κ1) is 11.8. The molecule has 1 aromatic carbocycles. The van der Waals surface area contributed by atoms with Crippen LogP contribution in [-0.4, -0.2) is 19.0 Å². The molecule has 0 spiro atoms. The number of hydrogen-bond donors (Lipinski definition) is 0. The van der Waals surface area contributed by atoms with Crippen LogP contribution in [0, 0.1) is 5.82 Å². The second-order valence-electron chi connectivity index (χ2n) is 3.79. The molecule has 0 amide bonds. The zero-order valence-electron chi connectivity index (χ0n) is 9.70. The Bertz CT molecular complexity index is 541. The Labute approximate surface area is 98.2 Å². The third kappa shape index (κ3) is 2.22. The van der Waals surface area contributed by atoms with E-state index in [9.17, 15) is 9.18 Å². The van der Waals surface area contributed by atoms with Gasteiger partial charge in [0.15, 0.2) is 5.76 Å². The molecule has 0 saturated heterocycles. The first-order chi connectivity index (χ1) is 8.15. The molecule has 0 aliphatic rings. The van der Waals surface area contributed by atoms with Crippen molar-refractivity contribution in [1.29, 1.82) is 0 Å². The van der Waals surface area contributed by atoms with Crippen molar-refractivity contribution in [1.82, 2.24) is 0 Å². The molecule has 0 aliphatic heterocycles. The largest absolute Gasteiger partial charge is 0.453 e. The van der Waals surface area contributed by atoms with Gasteiger partial charge in [-0.1, -0.05) is 6.92 Å². The Kier molecular flexibility index (Phi) is 3.24. The molecular weight excluding hydrogens is 223 g/mol. The number of rotatable bonds is 4. The number of carbonyl (C=O) groups is 1. The van der Waals surface area contributed by atoms with Gasteiger partial charge in [0.1, 0.15) is 17.5 Å². The number of ether oxygens (including phenoxy) is 1. The molecule has 17 heavy (non-hydrogen) atoms. The summed E-state index contributed by atoms with van der Waals surface area (Å²) in [4.78, 5) is 11.9. The van der Waals surface area contributed by atoms with E-state index in [1.54, 1.807) is 6.07 Å². The topological polar surface area (TPSA) is 39.4 Å². The number of ketones is 1. The van der Waals surface area contributed by atoms with Crippen LogP contribution in [0.5, 0.6) is 0 Å². The molecular formula is C13H13FO3. The first-order valence-corrected chi connectivity index (χ1v) is 5.41. The number of benzene rings is 1. The summed E-state index contributed by atoms with van der Waals surface area (Å²) in [6.07, 6.45) is 0.0567. The monoisotopic (exact) mass is 236 g/mol. The van der Waals surface area contributed by atoms with Gasteiger partial charge in [0.05, 0.1) is 0 Å². The summed E-state index contributed by atoms with van der Waals surface area (Å²) < 4.78 is 23.4. The molecule has 0 aliphatic carbocycles. The van der Waals surface area contributed by atoms with E-state index in [4.69, 9.17) is 9.15 Å². The van der Waals surface area contributed by atoms with Crippen molar-refractivity contribution in [2.24, 2.45) is 0 Å². The summed E-state index contributed by atoms with van der Waals surface area (Å²) in [5.74, 6) is -0.359. The summed E-state index contributed by atoms with van der Waals surface area (Å²) in [5, 5.41) is 0.583. The lowest BCUT2D eigenvalue weighted by Crippen LogP contribution is -2.21. The fourth-order valence-electron chi connectivity index (χ4n) is 1.75. The Morgan fingerprint density at radius 1 is 1.47 bits per heavy atom. The van der Waals surface area contributed by atoms with Crippen molar-refractivity contribution in [3.8, 4) is 0 Å². The quantitative estimate of drug-likeness (QED) is 0.765. The summed E-state index contributed by atoms with van der Waals surface area (Å²) in [7, 11) is 1.48. The molecule has 1 unspecified atom stereocenters. The maximum atomic E-state index is 13.0. The highest BCUT2D eigenvalue weighted by molar-refractivity contribution is 6.00.